The highest BCUT2D eigenvalue weighted by Crippen LogP contribution is 2.57. The van der Waals surface area contributed by atoms with Crippen LogP contribution in [-0.2, 0) is 24.5 Å². The molecule has 55 heavy (non-hydrogen) atoms. The summed E-state index contributed by atoms with van der Waals surface area (Å²) in [6.07, 6.45) is 5.94. The van der Waals surface area contributed by atoms with Gasteiger partial charge in [-0.1, -0.05) is 97.0 Å². The van der Waals surface area contributed by atoms with Crippen molar-refractivity contribution in [1.82, 2.24) is 0 Å². The van der Waals surface area contributed by atoms with E-state index in [1.54, 1.807) is 35.3 Å². The molecule has 0 amide bonds. The van der Waals surface area contributed by atoms with Gasteiger partial charge < -0.3 is 18.9 Å². The molecule has 2 unspecified atom stereocenters. The molecular formula is C43H44Cl2O6S4. The average molecular weight is 856 g/mol. The third-order valence-corrected chi connectivity index (χ3v) is 13.6. The molecule has 0 spiro atoms. The molecule has 12 heteroatoms. The minimum Gasteiger partial charge on any atom is -0.488 e. The number of carbonyl (C=O) groups excluding carboxylic acids is 2. The van der Waals surface area contributed by atoms with Crippen LogP contribution >= 0.6 is 70.2 Å². The van der Waals surface area contributed by atoms with Gasteiger partial charge in [-0.25, -0.2) is 9.59 Å². The van der Waals surface area contributed by atoms with Crippen LogP contribution in [0.5, 0.6) is 11.5 Å². The van der Waals surface area contributed by atoms with Crippen molar-refractivity contribution in [1.29, 1.82) is 0 Å². The highest BCUT2D eigenvalue weighted by molar-refractivity contribution is 8.03. The van der Waals surface area contributed by atoms with E-state index in [1.165, 1.54) is 11.8 Å². The Kier molecular flexibility index (Phi) is 15.9. The summed E-state index contributed by atoms with van der Waals surface area (Å²) in [6, 6.07) is 28.4. The standard InChI is InChI=1S/C43H44Cl2O6S4/c1-6-40(46)50-31(27-54-22-20-52-4)26-48-38-18-16-29(24-36(38)44)43(34-14-10-8-12-32(34)33-13-9-11-15-35(33)43)30-17-19-39(37(45)25-30)49-28-42(3,51-41(47)7-2)55-23-21-53-5/h6-19,24-25,31H,1-2,20-23,26-28H2,3-5H3. The van der Waals surface area contributed by atoms with Gasteiger partial charge in [-0.3, -0.25) is 0 Å². The summed E-state index contributed by atoms with van der Waals surface area (Å²) in [5, 5.41) is 0.827. The van der Waals surface area contributed by atoms with Crippen LogP contribution in [0.3, 0.4) is 0 Å². The fraction of sp³-hybridized carbons (Fsp3) is 0.302. The SMILES string of the molecule is C=CC(=O)OC(COc1ccc(C2(c3ccc(OCC(C)(OC(=O)C=C)SCCSC)c(Cl)c3)c3ccccc3-c3ccccc32)cc1Cl)CSCCSC. The third-order valence-electron chi connectivity index (χ3n) is 8.96. The van der Waals surface area contributed by atoms with Gasteiger partial charge in [0.15, 0.2) is 4.93 Å². The lowest BCUT2D eigenvalue weighted by atomic mass is 9.67. The van der Waals surface area contributed by atoms with Crippen LogP contribution in [-0.4, -0.2) is 77.5 Å². The predicted molar refractivity (Wildman–Crippen MR) is 236 cm³/mol. The molecule has 5 rings (SSSR count). The van der Waals surface area contributed by atoms with Crippen LogP contribution in [0.25, 0.3) is 11.1 Å². The van der Waals surface area contributed by atoms with Crippen molar-refractivity contribution in [3.63, 3.8) is 0 Å². The van der Waals surface area contributed by atoms with Gasteiger partial charge in [-0.15, -0.1) is 11.8 Å². The molecule has 4 aromatic rings. The molecule has 0 aromatic heterocycles. The zero-order chi connectivity index (χ0) is 39.4. The van der Waals surface area contributed by atoms with Crippen LogP contribution in [0.15, 0.2) is 110 Å². The molecule has 2 atom stereocenters. The lowest BCUT2D eigenvalue weighted by Gasteiger charge is -2.34. The molecule has 0 aliphatic heterocycles. The van der Waals surface area contributed by atoms with Gasteiger partial charge in [0.05, 0.1) is 15.5 Å². The Morgan fingerprint density at radius 2 is 1.31 bits per heavy atom. The quantitative estimate of drug-likeness (QED) is 0.0308. The highest BCUT2D eigenvalue weighted by atomic mass is 35.5. The zero-order valence-corrected chi connectivity index (χ0v) is 35.8. The van der Waals surface area contributed by atoms with E-state index >= 15 is 0 Å². The molecule has 1 aliphatic carbocycles. The molecule has 290 valence electrons. The average Bonchev–Trinajstić information content (AvgIpc) is 3.49. The Balaban J connectivity index is 1.51. The van der Waals surface area contributed by atoms with E-state index in [1.807, 2.05) is 73.8 Å². The summed E-state index contributed by atoms with van der Waals surface area (Å²) < 4.78 is 23.8. The Hall–Kier alpha value is -3.12. The summed E-state index contributed by atoms with van der Waals surface area (Å²) in [4.78, 5) is 23.4. The molecular weight excluding hydrogens is 812 g/mol. The monoisotopic (exact) mass is 854 g/mol. The molecule has 0 bridgehead atoms. The Morgan fingerprint density at radius 3 is 1.85 bits per heavy atom. The van der Waals surface area contributed by atoms with E-state index in [-0.39, 0.29) is 13.2 Å². The molecule has 0 saturated heterocycles. The van der Waals surface area contributed by atoms with Gasteiger partial charge in [0.2, 0.25) is 0 Å². The van der Waals surface area contributed by atoms with Crippen LogP contribution in [0.1, 0.15) is 29.2 Å². The highest BCUT2D eigenvalue weighted by Gasteiger charge is 2.46. The first-order valence-electron chi connectivity index (χ1n) is 17.5. The Morgan fingerprint density at radius 1 is 0.764 bits per heavy atom. The van der Waals surface area contributed by atoms with Crippen LogP contribution < -0.4 is 9.47 Å². The van der Waals surface area contributed by atoms with Crippen molar-refractivity contribution in [2.45, 2.75) is 23.4 Å². The van der Waals surface area contributed by atoms with E-state index in [2.05, 4.69) is 43.7 Å². The van der Waals surface area contributed by atoms with Gasteiger partial charge in [-0.05, 0) is 77.1 Å². The first-order valence-corrected chi connectivity index (χ1v) is 23.2. The largest absolute Gasteiger partial charge is 0.488 e. The first kappa shape index (κ1) is 43.0. The minimum absolute atomic E-state index is 0.0860. The van der Waals surface area contributed by atoms with Crippen molar-refractivity contribution in [3.8, 4) is 22.6 Å². The predicted octanol–water partition coefficient (Wildman–Crippen LogP) is 10.8. The summed E-state index contributed by atoms with van der Waals surface area (Å²) in [5.41, 5.74) is 5.42. The summed E-state index contributed by atoms with van der Waals surface area (Å²) in [6.45, 7) is 9.15. The maximum Gasteiger partial charge on any atom is 0.331 e. The Bertz CT molecular complexity index is 1940. The van der Waals surface area contributed by atoms with Gasteiger partial charge in [0.25, 0.3) is 0 Å². The molecule has 0 saturated carbocycles. The number of halogens is 2. The molecule has 4 aromatic carbocycles. The third kappa shape index (κ3) is 10.3. The molecule has 0 heterocycles. The second-order valence-electron chi connectivity index (χ2n) is 12.7. The van der Waals surface area contributed by atoms with E-state index in [4.69, 9.17) is 42.1 Å². The van der Waals surface area contributed by atoms with E-state index in [0.717, 1.165) is 68.5 Å². The van der Waals surface area contributed by atoms with Crippen molar-refractivity contribution in [2.75, 3.05) is 54.5 Å². The molecule has 0 radical (unpaired) electrons. The van der Waals surface area contributed by atoms with Gasteiger partial charge in [0.1, 0.15) is 30.8 Å². The Labute approximate surface area is 351 Å². The second-order valence-corrected chi connectivity index (χ2v) is 18.2. The van der Waals surface area contributed by atoms with Crippen molar-refractivity contribution >= 4 is 82.2 Å². The first-order chi connectivity index (χ1) is 26.6. The number of hydrogen-bond acceptors (Lipinski definition) is 10. The molecule has 0 N–H and O–H groups in total. The number of ether oxygens (including phenoxy) is 4. The summed E-state index contributed by atoms with van der Waals surface area (Å²) in [7, 11) is 0. The van der Waals surface area contributed by atoms with E-state index in [9.17, 15) is 9.59 Å². The topological polar surface area (TPSA) is 71.1 Å². The molecule has 1 aliphatic rings. The van der Waals surface area contributed by atoms with Crippen molar-refractivity contribution < 1.29 is 28.5 Å². The number of esters is 2. The van der Waals surface area contributed by atoms with Gasteiger partial charge >= 0.3 is 11.9 Å². The number of rotatable bonds is 21. The number of fused-ring (bicyclic) bond motifs is 3. The maximum atomic E-state index is 12.2. The van der Waals surface area contributed by atoms with Gasteiger partial charge in [-0.2, -0.15) is 35.3 Å². The van der Waals surface area contributed by atoms with Crippen molar-refractivity contribution in [3.05, 3.63) is 143 Å². The van der Waals surface area contributed by atoms with Gasteiger partial charge in [0, 0.05) is 40.9 Å². The number of benzene rings is 4. The molecule has 6 nitrogen and oxygen atoms in total. The summed E-state index contributed by atoms with van der Waals surface area (Å²) >= 11 is 20.8. The number of hydrogen-bond donors (Lipinski definition) is 0. The van der Waals surface area contributed by atoms with E-state index in [0.29, 0.717) is 27.3 Å². The second kappa shape index (κ2) is 20.3. The maximum absolute atomic E-state index is 12.2. The number of thioether (sulfide) groups is 4. The fourth-order valence-corrected chi connectivity index (χ4v) is 10.4. The van der Waals surface area contributed by atoms with Crippen molar-refractivity contribution in [2.24, 2.45) is 0 Å². The van der Waals surface area contributed by atoms with Crippen LogP contribution in [0, 0.1) is 0 Å². The van der Waals surface area contributed by atoms with Crippen LogP contribution in [0.2, 0.25) is 10.0 Å². The zero-order valence-electron chi connectivity index (χ0n) is 31.0. The number of carbonyl (C=O) groups is 2. The smallest absolute Gasteiger partial charge is 0.331 e. The normalized spacial score (nSPS) is 14.1. The van der Waals surface area contributed by atoms with Crippen LogP contribution in [0.4, 0.5) is 0 Å². The lowest BCUT2D eigenvalue weighted by molar-refractivity contribution is -0.146. The summed E-state index contributed by atoms with van der Waals surface area (Å²) in [5.74, 6) is 4.12. The lowest BCUT2D eigenvalue weighted by Crippen LogP contribution is -2.35. The fourth-order valence-electron chi connectivity index (χ4n) is 6.50. The molecule has 0 fully saturated rings. The minimum atomic E-state index is -0.950. The van der Waals surface area contributed by atoms with E-state index < -0.39 is 28.4 Å².